The van der Waals surface area contributed by atoms with Crippen molar-refractivity contribution in [2.75, 3.05) is 12.4 Å². The summed E-state index contributed by atoms with van der Waals surface area (Å²) >= 11 is 5.34. The molecule has 0 spiro atoms. The van der Waals surface area contributed by atoms with E-state index in [0.29, 0.717) is 34.6 Å². The van der Waals surface area contributed by atoms with Crippen LogP contribution < -0.4 is 25.4 Å². The minimum Gasteiger partial charge on any atom is -0.493 e. The number of methoxy groups -OCH3 is 1. The molecule has 33 heavy (non-hydrogen) atoms. The van der Waals surface area contributed by atoms with Crippen LogP contribution in [0.4, 0.5) is 5.69 Å². The van der Waals surface area contributed by atoms with Crippen LogP contribution in [0.15, 0.2) is 91.1 Å². The summed E-state index contributed by atoms with van der Waals surface area (Å²) in [6.45, 7) is 4.47. The fourth-order valence-electron chi connectivity index (χ4n) is 3.74. The lowest BCUT2D eigenvalue weighted by molar-refractivity contribution is -0.119. The highest BCUT2D eigenvalue weighted by Crippen LogP contribution is 2.36. The van der Waals surface area contributed by atoms with E-state index in [2.05, 4.69) is 22.5 Å². The van der Waals surface area contributed by atoms with Crippen LogP contribution in [0.5, 0.6) is 11.5 Å². The molecule has 1 aliphatic heterocycles. The van der Waals surface area contributed by atoms with Crippen molar-refractivity contribution < 1.29 is 14.3 Å². The molecule has 0 bridgehead atoms. The van der Waals surface area contributed by atoms with Crippen molar-refractivity contribution in [3.63, 3.8) is 0 Å². The molecule has 2 atom stereocenters. The summed E-state index contributed by atoms with van der Waals surface area (Å²) in [5.41, 5.74) is 3.13. The van der Waals surface area contributed by atoms with Crippen LogP contribution in [0.25, 0.3) is 0 Å². The first-order chi connectivity index (χ1) is 16.0. The fraction of sp³-hybridized carbons (Fsp3) is 0.154. The first-order valence-corrected chi connectivity index (χ1v) is 10.9. The van der Waals surface area contributed by atoms with E-state index in [1.165, 1.54) is 0 Å². The lowest BCUT2D eigenvalue weighted by Crippen LogP contribution is -2.51. The zero-order valence-electron chi connectivity index (χ0n) is 18.2. The standard InChI is InChI=1S/C26H25N3O3S/c1-17-23(25(30)28-20-11-7-4-8-12-20)24(29-26(33)27-17)19-13-14-21(22(15-19)31-2)32-16-18-9-5-3-6-10-18/h3-15,23-24H,1,16H2,2H3,(H,28,30)(H2,27,29,33). The average molecular weight is 460 g/mol. The second-order valence-corrected chi connectivity index (χ2v) is 8.03. The highest BCUT2D eigenvalue weighted by molar-refractivity contribution is 7.80. The van der Waals surface area contributed by atoms with Crippen LogP contribution in [0.1, 0.15) is 17.2 Å². The third-order valence-electron chi connectivity index (χ3n) is 5.38. The summed E-state index contributed by atoms with van der Waals surface area (Å²) < 4.78 is 11.6. The van der Waals surface area contributed by atoms with Gasteiger partial charge in [-0.3, -0.25) is 4.79 Å². The van der Waals surface area contributed by atoms with E-state index in [4.69, 9.17) is 21.7 Å². The Kier molecular flexibility index (Phi) is 6.90. The van der Waals surface area contributed by atoms with Gasteiger partial charge in [-0.15, -0.1) is 0 Å². The van der Waals surface area contributed by atoms with Crippen LogP contribution >= 0.6 is 12.2 Å². The van der Waals surface area contributed by atoms with Crippen LogP contribution in [-0.4, -0.2) is 18.1 Å². The highest BCUT2D eigenvalue weighted by atomic mass is 32.1. The normalized spacial score (nSPS) is 17.5. The Morgan fingerprint density at radius 3 is 2.42 bits per heavy atom. The molecule has 4 rings (SSSR count). The third kappa shape index (κ3) is 5.32. The van der Waals surface area contributed by atoms with Gasteiger partial charge in [-0.1, -0.05) is 61.2 Å². The van der Waals surface area contributed by atoms with Crippen molar-refractivity contribution in [3.8, 4) is 11.5 Å². The molecule has 0 aliphatic carbocycles. The van der Waals surface area contributed by atoms with Gasteiger partial charge in [-0.25, -0.2) is 0 Å². The summed E-state index contributed by atoms with van der Waals surface area (Å²) in [5, 5.41) is 9.56. The van der Waals surface area contributed by atoms with E-state index < -0.39 is 12.0 Å². The lowest BCUT2D eigenvalue weighted by Gasteiger charge is -2.35. The van der Waals surface area contributed by atoms with Crippen molar-refractivity contribution >= 4 is 28.9 Å². The quantitative estimate of drug-likeness (QED) is 0.450. The van der Waals surface area contributed by atoms with Gasteiger partial charge in [0.05, 0.1) is 13.2 Å². The van der Waals surface area contributed by atoms with Gasteiger partial charge in [0.25, 0.3) is 0 Å². The van der Waals surface area contributed by atoms with E-state index >= 15 is 0 Å². The van der Waals surface area contributed by atoms with Crippen LogP contribution in [0.2, 0.25) is 0 Å². The lowest BCUT2D eigenvalue weighted by atomic mass is 9.88. The minimum atomic E-state index is -0.599. The molecule has 0 radical (unpaired) electrons. The summed E-state index contributed by atoms with van der Waals surface area (Å²) in [7, 11) is 1.59. The minimum absolute atomic E-state index is 0.193. The maximum atomic E-state index is 13.2. The fourth-order valence-corrected chi connectivity index (χ4v) is 4.00. The predicted molar refractivity (Wildman–Crippen MR) is 133 cm³/mol. The van der Waals surface area contributed by atoms with E-state index in [1.54, 1.807) is 7.11 Å². The van der Waals surface area contributed by atoms with Gasteiger partial charge in [0.15, 0.2) is 16.6 Å². The smallest absolute Gasteiger partial charge is 0.235 e. The van der Waals surface area contributed by atoms with E-state index in [9.17, 15) is 4.79 Å². The van der Waals surface area contributed by atoms with Crippen molar-refractivity contribution in [1.29, 1.82) is 0 Å². The molecule has 1 fully saturated rings. The zero-order chi connectivity index (χ0) is 23.2. The number of nitrogens with one attached hydrogen (secondary N) is 3. The molecule has 0 aromatic heterocycles. The predicted octanol–water partition coefficient (Wildman–Crippen LogP) is 4.56. The summed E-state index contributed by atoms with van der Waals surface area (Å²) in [6.07, 6.45) is 0. The molecule has 168 valence electrons. The number of anilines is 1. The highest BCUT2D eigenvalue weighted by Gasteiger charge is 2.37. The number of hydrogen-bond acceptors (Lipinski definition) is 4. The molecular formula is C26H25N3O3S. The van der Waals surface area contributed by atoms with Crippen LogP contribution in [-0.2, 0) is 11.4 Å². The first-order valence-electron chi connectivity index (χ1n) is 10.5. The number of rotatable bonds is 7. The Labute approximate surface area is 198 Å². The topological polar surface area (TPSA) is 71.6 Å². The van der Waals surface area contributed by atoms with Gasteiger partial charge in [-0.05, 0) is 47.6 Å². The molecule has 1 aliphatic rings. The largest absolute Gasteiger partial charge is 0.493 e. The number of amides is 1. The van der Waals surface area contributed by atoms with Gasteiger partial charge in [0.2, 0.25) is 5.91 Å². The maximum Gasteiger partial charge on any atom is 0.235 e. The molecule has 3 aromatic rings. The molecule has 3 aromatic carbocycles. The van der Waals surface area contributed by atoms with Gasteiger partial charge in [0.1, 0.15) is 12.5 Å². The van der Waals surface area contributed by atoms with Gasteiger partial charge in [0, 0.05) is 11.4 Å². The maximum absolute atomic E-state index is 13.2. The van der Waals surface area contributed by atoms with Gasteiger partial charge < -0.3 is 25.4 Å². The average Bonchev–Trinajstić information content (AvgIpc) is 2.83. The van der Waals surface area contributed by atoms with E-state index in [0.717, 1.165) is 11.1 Å². The third-order valence-corrected chi connectivity index (χ3v) is 5.60. The Balaban J connectivity index is 1.58. The second kappa shape index (κ2) is 10.2. The Morgan fingerprint density at radius 1 is 1.03 bits per heavy atom. The number of para-hydroxylation sites is 1. The second-order valence-electron chi connectivity index (χ2n) is 7.62. The molecule has 1 heterocycles. The molecular weight excluding hydrogens is 434 g/mol. The number of carbonyl (C=O) groups excluding carboxylic acids is 1. The van der Waals surface area contributed by atoms with Gasteiger partial charge in [-0.2, -0.15) is 0 Å². The molecule has 3 N–H and O–H groups in total. The molecule has 6 nitrogen and oxygen atoms in total. The van der Waals surface area contributed by atoms with Crippen molar-refractivity contribution in [2.24, 2.45) is 5.92 Å². The summed E-state index contributed by atoms with van der Waals surface area (Å²) in [4.78, 5) is 13.2. The van der Waals surface area contributed by atoms with E-state index in [1.807, 2.05) is 78.9 Å². The summed E-state index contributed by atoms with van der Waals surface area (Å²) in [5.74, 6) is 0.396. The van der Waals surface area contributed by atoms with Crippen LogP contribution in [0.3, 0.4) is 0 Å². The molecule has 1 amide bonds. The Morgan fingerprint density at radius 2 is 1.73 bits per heavy atom. The molecule has 7 heteroatoms. The van der Waals surface area contributed by atoms with Crippen molar-refractivity contribution in [3.05, 3.63) is 102 Å². The van der Waals surface area contributed by atoms with Crippen molar-refractivity contribution in [2.45, 2.75) is 12.6 Å². The molecule has 2 unspecified atom stereocenters. The number of carbonyl (C=O) groups is 1. The first kappa shape index (κ1) is 22.4. The monoisotopic (exact) mass is 459 g/mol. The Hall–Kier alpha value is -3.84. The van der Waals surface area contributed by atoms with Crippen molar-refractivity contribution in [1.82, 2.24) is 10.6 Å². The number of thiocarbonyl (C=S) groups is 1. The number of hydrogen-bond donors (Lipinski definition) is 3. The summed E-state index contributed by atoms with van der Waals surface area (Å²) in [6, 6.07) is 24.4. The molecule has 1 saturated heterocycles. The SMILES string of the molecule is C=C1NC(=S)NC(c2ccc(OCc3ccccc3)c(OC)c2)C1C(=O)Nc1ccccc1. The van der Waals surface area contributed by atoms with Crippen LogP contribution in [0, 0.1) is 5.92 Å². The number of benzene rings is 3. The van der Waals surface area contributed by atoms with E-state index in [-0.39, 0.29) is 5.91 Å². The Bertz CT molecular complexity index is 1150. The van der Waals surface area contributed by atoms with Gasteiger partial charge >= 0.3 is 0 Å². The zero-order valence-corrected chi connectivity index (χ0v) is 19.0. The number of ether oxygens (including phenoxy) is 2. The molecule has 0 saturated carbocycles.